The summed E-state index contributed by atoms with van der Waals surface area (Å²) in [6.45, 7) is 3.59. The number of benzene rings is 3. The molecule has 0 saturated carbocycles. The van der Waals surface area contributed by atoms with Crippen LogP contribution in [0.2, 0.25) is 0 Å². The summed E-state index contributed by atoms with van der Waals surface area (Å²) in [7, 11) is 0. The number of anilines is 2. The number of carbonyl (C=O) groups is 3. The number of para-hydroxylation sites is 1. The molecule has 0 aliphatic rings. The molecule has 3 N–H and O–H groups in total. The van der Waals surface area contributed by atoms with Crippen molar-refractivity contribution >= 4 is 39.9 Å². The topological polar surface area (TPSA) is 91.1 Å². The number of ketones is 1. The molecule has 0 aliphatic heterocycles. The molecule has 154 valence electrons. The van der Waals surface area contributed by atoms with E-state index in [9.17, 15) is 14.4 Å². The van der Waals surface area contributed by atoms with Crippen LogP contribution in [-0.4, -0.2) is 22.6 Å². The summed E-state index contributed by atoms with van der Waals surface area (Å²) in [5, 5.41) is 6.21. The van der Waals surface area contributed by atoms with Gasteiger partial charge in [-0.05, 0) is 49.7 Å². The van der Waals surface area contributed by atoms with Gasteiger partial charge in [-0.15, -0.1) is 0 Å². The molecule has 0 spiro atoms. The Kier molecular flexibility index (Phi) is 5.37. The lowest BCUT2D eigenvalue weighted by Crippen LogP contribution is -2.24. The van der Waals surface area contributed by atoms with E-state index in [4.69, 9.17) is 0 Å². The zero-order valence-electron chi connectivity index (χ0n) is 17.2. The second kappa shape index (κ2) is 8.28. The van der Waals surface area contributed by atoms with Crippen LogP contribution >= 0.6 is 0 Å². The van der Waals surface area contributed by atoms with E-state index in [1.165, 1.54) is 0 Å². The van der Waals surface area contributed by atoms with Crippen LogP contribution in [0.1, 0.15) is 32.0 Å². The third-order valence-corrected chi connectivity index (χ3v) is 5.11. The first-order chi connectivity index (χ1) is 14.9. The highest BCUT2D eigenvalue weighted by molar-refractivity contribution is 6.48. The molecule has 2 amide bonds. The molecule has 0 atom stereocenters. The fourth-order valence-corrected chi connectivity index (χ4v) is 3.49. The number of hydrogen-bond acceptors (Lipinski definition) is 3. The van der Waals surface area contributed by atoms with E-state index in [-0.39, 0.29) is 5.91 Å². The van der Waals surface area contributed by atoms with Gasteiger partial charge in [0.15, 0.2) is 0 Å². The highest BCUT2D eigenvalue weighted by Gasteiger charge is 2.23. The first-order valence-electron chi connectivity index (χ1n) is 9.84. The van der Waals surface area contributed by atoms with Crippen LogP contribution in [0, 0.1) is 13.8 Å². The van der Waals surface area contributed by atoms with Crippen LogP contribution in [0.25, 0.3) is 10.9 Å². The molecule has 3 aromatic carbocycles. The minimum Gasteiger partial charge on any atom is -0.358 e. The minimum absolute atomic E-state index is 0.257. The highest BCUT2D eigenvalue weighted by atomic mass is 16.2. The molecule has 0 aliphatic carbocycles. The molecule has 6 nitrogen and oxygen atoms in total. The van der Waals surface area contributed by atoms with Crippen molar-refractivity contribution in [1.82, 2.24) is 4.98 Å². The maximum Gasteiger partial charge on any atom is 0.296 e. The second-order valence-corrected chi connectivity index (χ2v) is 7.30. The predicted molar refractivity (Wildman–Crippen MR) is 122 cm³/mol. The number of rotatable bonds is 5. The molecule has 0 radical (unpaired) electrons. The maximum absolute atomic E-state index is 12.9. The van der Waals surface area contributed by atoms with Gasteiger partial charge < -0.3 is 15.6 Å². The van der Waals surface area contributed by atoms with Crippen LogP contribution in [0.4, 0.5) is 11.4 Å². The number of hydrogen-bond donors (Lipinski definition) is 3. The summed E-state index contributed by atoms with van der Waals surface area (Å²) in [5.41, 5.74) is 4.08. The Hall–Kier alpha value is -4.19. The first kappa shape index (κ1) is 20.1. The number of aromatic nitrogens is 1. The Morgan fingerprint density at radius 2 is 1.52 bits per heavy atom. The van der Waals surface area contributed by atoms with E-state index < -0.39 is 11.7 Å². The molecule has 0 saturated heterocycles. The van der Waals surface area contributed by atoms with Gasteiger partial charge in [0.25, 0.3) is 17.6 Å². The van der Waals surface area contributed by atoms with E-state index in [0.29, 0.717) is 33.6 Å². The van der Waals surface area contributed by atoms with Crippen molar-refractivity contribution in [3.8, 4) is 0 Å². The highest BCUT2D eigenvalue weighted by Crippen LogP contribution is 2.24. The molecule has 0 fully saturated rings. The minimum atomic E-state index is -0.734. The van der Waals surface area contributed by atoms with E-state index in [1.807, 2.05) is 37.3 Å². The standard InChI is InChI=1S/C25H21N3O3/c1-15-12-13-18(27-24(30)17-8-4-3-5-9-17)14-21(15)28-25(31)23(29)22-16(2)26-20-11-7-6-10-19(20)22/h3-14,26H,1-2H3,(H,27,30)(H,28,31). The molecule has 0 bridgehead atoms. The summed E-state index contributed by atoms with van der Waals surface area (Å²) in [6.07, 6.45) is 0. The van der Waals surface area contributed by atoms with Crippen molar-refractivity contribution in [3.63, 3.8) is 0 Å². The number of H-pyrrole nitrogens is 1. The number of amides is 2. The van der Waals surface area contributed by atoms with Gasteiger partial charge in [0, 0.05) is 33.5 Å². The monoisotopic (exact) mass is 411 g/mol. The summed E-state index contributed by atoms with van der Waals surface area (Å²) < 4.78 is 0. The van der Waals surface area contributed by atoms with Crippen LogP contribution in [0.5, 0.6) is 0 Å². The quantitative estimate of drug-likeness (QED) is 0.324. The zero-order chi connectivity index (χ0) is 22.0. The molecule has 31 heavy (non-hydrogen) atoms. The SMILES string of the molecule is Cc1ccc(NC(=O)c2ccccc2)cc1NC(=O)C(=O)c1c(C)[nH]c2ccccc12. The fourth-order valence-electron chi connectivity index (χ4n) is 3.49. The van der Waals surface area contributed by atoms with Gasteiger partial charge in [-0.25, -0.2) is 0 Å². The van der Waals surface area contributed by atoms with Gasteiger partial charge in [-0.1, -0.05) is 42.5 Å². The van der Waals surface area contributed by atoms with Crippen molar-refractivity contribution < 1.29 is 14.4 Å². The number of nitrogens with one attached hydrogen (secondary N) is 3. The third-order valence-electron chi connectivity index (χ3n) is 5.11. The normalized spacial score (nSPS) is 10.6. The lowest BCUT2D eigenvalue weighted by molar-refractivity contribution is -0.112. The van der Waals surface area contributed by atoms with E-state index in [1.54, 1.807) is 49.4 Å². The smallest absolute Gasteiger partial charge is 0.296 e. The van der Waals surface area contributed by atoms with Crippen LogP contribution in [0.3, 0.4) is 0 Å². The Morgan fingerprint density at radius 3 is 2.29 bits per heavy atom. The second-order valence-electron chi connectivity index (χ2n) is 7.30. The Labute approximate surface area is 179 Å². The Morgan fingerprint density at radius 1 is 0.806 bits per heavy atom. The van der Waals surface area contributed by atoms with Crippen LogP contribution < -0.4 is 10.6 Å². The molecule has 1 aromatic heterocycles. The van der Waals surface area contributed by atoms with Crippen molar-refractivity contribution in [1.29, 1.82) is 0 Å². The van der Waals surface area contributed by atoms with Crippen LogP contribution in [-0.2, 0) is 4.79 Å². The molecule has 6 heteroatoms. The fraction of sp³-hybridized carbons (Fsp3) is 0.0800. The van der Waals surface area contributed by atoms with E-state index >= 15 is 0 Å². The van der Waals surface area contributed by atoms with Gasteiger partial charge in [0.2, 0.25) is 0 Å². The third kappa shape index (κ3) is 4.09. The van der Waals surface area contributed by atoms with E-state index in [0.717, 1.165) is 11.1 Å². The molecular weight excluding hydrogens is 390 g/mol. The molecular formula is C25H21N3O3. The summed E-state index contributed by atoms with van der Waals surface area (Å²) >= 11 is 0. The van der Waals surface area contributed by atoms with Crippen molar-refractivity contribution in [2.45, 2.75) is 13.8 Å². The lowest BCUT2D eigenvalue weighted by atomic mass is 10.1. The number of aryl methyl sites for hydroxylation is 2. The van der Waals surface area contributed by atoms with Crippen LogP contribution in [0.15, 0.2) is 72.8 Å². The summed E-state index contributed by atoms with van der Waals surface area (Å²) in [4.78, 5) is 41.2. The average Bonchev–Trinajstić information content (AvgIpc) is 3.11. The Bertz CT molecular complexity index is 1310. The summed E-state index contributed by atoms with van der Waals surface area (Å²) in [5.74, 6) is -1.61. The number of Topliss-reactive ketones (excluding diaryl/α,β-unsaturated/α-hetero) is 1. The maximum atomic E-state index is 12.9. The summed E-state index contributed by atoms with van der Waals surface area (Å²) in [6, 6.07) is 21.4. The molecule has 1 heterocycles. The zero-order valence-corrected chi connectivity index (χ0v) is 17.2. The molecule has 4 aromatic rings. The number of fused-ring (bicyclic) bond motifs is 1. The van der Waals surface area contributed by atoms with Gasteiger partial charge in [0.05, 0.1) is 5.56 Å². The molecule has 4 rings (SSSR count). The van der Waals surface area contributed by atoms with Gasteiger partial charge in [-0.2, -0.15) is 0 Å². The number of carbonyl (C=O) groups excluding carboxylic acids is 3. The molecule has 0 unspecified atom stereocenters. The largest absolute Gasteiger partial charge is 0.358 e. The van der Waals surface area contributed by atoms with Crippen molar-refractivity contribution in [2.75, 3.05) is 10.6 Å². The van der Waals surface area contributed by atoms with Gasteiger partial charge in [-0.3, -0.25) is 14.4 Å². The van der Waals surface area contributed by atoms with Gasteiger partial charge >= 0.3 is 0 Å². The van der Waals surface area contributed by atoms with E-state index in [2.05, 4.69) is 15.6 Å². The van der Waals surface area contributed by atoms with Crippen molar-refractivity contribution in [2.24, 2.45) is 0 Å². The van der Waals surface area contributed by atoms with Crippen molar-refractivity contribution in [3.05, 3.63) is 95.2 Å². The Balaban J connectivity index is 1.55. The average molecular weight is 411 g/mol. The lowest BCUT2D eigenvalue weighted by Gasteiger charge is -2.11. The number of aromatic amines is 1. The first-order valence-corrected chi connectivity index (χ1v) is 9.84. The van der Waals surface area contributed by atoms with Gasteiger partial charge in [0.1, 0.15) is 0 Å². The predicted octanol–water partition coefficient (Wildman–Crippen LogP) is 4.86.